The van der Waals surface area contributed by atoms with Crippen LogP contribution in [0.4, 0.5) is 0 Å². The third-order valence-corrected chi connectivity index (χ3v) is 4.73. The van der Waals surface area contributed by atoms with Gasteiger partial charge in [0.25, 0.3) is 0 Å². The van der Waals surface area contributed by atoms with Crippen molar-refractivity contribution >= 4 is 27.7 Å². The van der Waals surface area contributed by atoms with E-state index in [-0.39, 0.29) is 0 Å². The number of halogens is 1. The minimum absolute atomic E-state index is 0.723. The Hall–Kier alpha value is -0.890. The van der Waals surface area contributed by atoms with E-state index in [0.29, 0.717) is 0 Å². The zero-order valence-corrected chi connectivity index (χ0v) is 13.9. The first-order valence-corrected chi connectivity index (χ1v) is 7.81. The second-order valence-corrected chi connectivity index (χ2v) is 6.07. The second-order valence-electron chi connectivity index (χ2n) is 4.20. The van der Waals surface area contributed by atoms with Gasteiger partial charge in [0.15, 0.2) is 5.16 Å². The molecule has 1 heterocycles. The molecule has 0 bridgehead atoms. The number of aromatic nitrogens is 3. The molecule has 7 heteroatoms. The Kier molecular flexibility index (Phi) is 6.03. The number of hydrogen-bond donors (Lipinski definition) is 1. The van der Waals surface area contributed by atoms with Crippen molar-refractivity contribution in [2.24, 2.45) is 7.05 Å². The van der Waals surface area contributed by atoms with Crippen LogP contribution in [0, 0.1) is 0 Å². The molecule has 0 atom stereocenters. The Bertz CT molecular complexity index is 561. The molecule has 2 aromatic rings. The Balaban J connectivity index is 1.97. The molecule has 0 aliphatic rings. The molecule has 0 spiro atoms. The van der Waals surface area contributed by atoms with Crippen LogP contribution in [0.5, 0.6) is 0 Å². The lowest BCUT2D eigenvalue weighted by Gasteiger charge is -2.08. The van der Waals surface area contributed by atoms with E-state index in [1.54, 1.807) is 29.9 Å². The average molecular weight is 357 g/mol. The molecular weight excluding hydrogens is 340 g/mol. The van der Waals surface area contributed by atoms with Crippen LogP contribution in [-0.4, -0.2) is 35.0 Å². The zero-order valence-electron chi connectivity index (χ0n) is 11.5. The van der Waals surface area contributed by atoms with Crippen molar-refractivity contribution in [3.8, 4) is 0 Å². The van der Waals surface area contributed by atoms with Crippen molar-refractivity contribution in [2.75, 3.05) is 20.3 Å². The molecule has 0 amide bonds. The SMILES string of the molecule is COCCNCc1ccc(Sc2ncnn2C)c(Br)c1. The predicted octanol–water partition coefficient (Wildman–Crippen LogP) is 2.46. The first-order valence-electron chi connectivity index (χ1n) is 6.20. The van der Waals surface area contributed by atoms with E-state index < -0.39 is 0 Å². The van der Waals surface area contributed by atoms with Crippen LogP contribution >= 0.6 is 27.7 Å². The Morgan fingerprint density at radius 3 is 2.95 bits per heavy atom. The molecule has 1 N–H and O–H groups in total. The summed E-state index contributed by atoms with van der Waals surface area (Å²) in [4.78, 5) is 5.34. The van der Waals surface area contributed by atoms with Crippen LogP contribution in [0.3, 0.4) is 0 Å². The normalized spacial score (nSPS) is 10.9. The monoisotopic (exact) mass is 356 g/mol. The van der Waals surface area contributed by atoms with E-state index in [2.05, 4.69) is 49.5 Å². The highest BCUT2D eigenvalue weighted by Gasteiger charge is 2.07. The molecule has 0 radical (unpaired) electrons. The highest BCUT2D eigenvalue weighted by molar-refractivity contribution is 9.10. The maximum absolute atomic E-state index is 5.00. The van der Waals surface area contributed by atoms with E-state index in [0.717, 1.165) is 34.2 Å². The number of nitrogens with one attached hydrogen (secondary N) is 1. The summed E-state index contributed by atoms with van der Waals surface area (Å²) in [6, 6.07) is 6.33. The number of aryl methyl sites for hydroxylation is 1. The van der Waals surface area contributed by atoms with Crippen molar-refractivity contribution in [3.05, 3.63) is 34.6 Å². The van der Waals surface area contributed by atoms with Gasteiger partial charge in [0, 0.05) is 36.6 Å². The van der Waals surface area contributed by atoms with E-state index in [9.17, 15) is 0 Å². The molecule has 5 nitrogen and oxygen atoms in total. The molecule has 0 aliphatic heterocycles. The largest absolute Gasteiger partial charge is 0.383 e. The summed E-state index contributed by atoms with van der Waals surface area (Å²) < 4.78 is 7.83. The fourth-order valence-corrected chi connectivity index (χ4v) is 3.06. The van der Waals surface area contributed by atoms with Gasteiger partial charge in [-0.25, -0.2) is 9.67 Å². The van der Waals surface area contributed by atoms with Crippen molar-refractivity contribution in [2.45, 2.75) is 16.6 Å². The van der Waals surface area contributed by atoms with Gasteiger partial charge < -0.3 is 10.1 Å². The molecule has 0 saturated heterocycles. The maximum Gasteiger partial charge on any atom is 0.190 e. The number of nitrogens with zero attached hydrogens (tertiary/aromatic N) is 3. The van der Waals surface area contributed by atoms with Crippen molar-refractivity contribution in [1.29, 1.82) is 0 Å². The van der Waals surface area contributed by atoms with Crippen LogP contribution in [0.2, 0.25) is 0 Å². The molecular formula is C13H17BrN4OS. The van der Waals surface area contributed by atoms with Crippen molar-refractivity contribution in [3.63, 3.8) is 0 Å². The van der Waals surface area contributed by atoms with E-state index in [1.165, 1.54) is 5.56 Å². The van der Waals surface area contributed by atoms with Gasteiger partial charge in [0.2, 0.25) is 0 Å². The molecule has 20 heavy (non-hydrogen) atoms. The predicted molar refractivity (Wildman–Crippen MR) is 82.9 cm³/mol. The topological polar surface area (TPSA) is 52.0 Å². The fraction of sp³-hybridized carbons (Fsp3) is 0.385. The lowest BCUT2D eigenvalue weighted by molar-refractivity contribution is 0.199. The molecule has 2 rings (SSSR count). The zero-order chi connectivity index (χ0) is 14.4. The van der Waals surface area contributed by atoms with Gasteiger partial charge in [-0.1, -0.05) is 6.07 Å². The van der Waals surface area contributed by atoms with Gasteiger partial charge in [-0.05, 0) is 45.4 Å². The number of ether oxygens (including phenoxy) is 1. The molecule has 0 unspecified atom stereocenters. The third-order valence-electron chi connectivity index (χ3n) is 2.68. The Morgan fingerprint density at radius 2 is 2.30 bits per heavy atom. The summed E-state index contributed by atoms with van der Waals surface area (Å²) in [5.74, 6) is 0. The first kappa shape index (κ1) is 15.5. The summed E-state index contributed by atoms with van der Waals surface area (Å²) in [6.45, 7) is 2.40. The minimum atomic E-state index is 0.723. The van der Waals surface area contributed by atoms with Gasteiger partial charge in [-0.2, -0.15) is 5.10 Å². The number of hydrogen-bond acceptors (Lipinski definition) is 5. The van der Waals surface area contributed by atoms with Gasteiger partial charge in [0.05, 0.1) is 6.61 Å². The van der Waals surface area contributed by atoms with Crippen LogP contribution in [0.1, 0.15) is 5.56 Å². The van der Waals surface area contributed by atoms with Gasteiger partial charge >= 0.3 is 0 Å². The average Bonchev–Trinajstić information content (AvgIpc) is 2.83. The minimum Gasteiger partial charge on any atom is -0.383 e. The maximum atomic E-state index is 5.00. The van der Waals surface area contributed by atoms with Crippen LogP contribution in [0.25, 0.3) is 0 Å². The molecule has 0 aliphatic carbocycles. The van der Waals surface area contributed by atoms with E-state index >= 15 is 0 Å². The lowest BCUT2D eigenvalue weighted by Crippen LogP contribution is -2.18. The molecule has 108 valence electrons. The van der Waals surface area contributed by atoms with Crippen LogP contribution in [0.15, 0.2) is 39.1 Å². The van der Waals surface area contributed by atoms with Crippen LogP contribution < -0.4 is 5.32 Å². The van der Waals surface area contributed by atoms with Crippen molar-refractivity contribution in [1.82, 2.24) is 20.1 Å². The van der Waals surface area contributed by atoms with Crippen molar-refractivity contribution < 1.29 is 4.74 Å². The smallest absolute Gasteiger partial charge is 0.190 e. The molecule has 1 aromatic heterocycles. The highest BCUT2D eigenvalue weighted by Crippen LogP contribution is 2.32. The molecule has 0 saturated carbocycles. The Morgan fingerprint density at radius 1 is 1.45 bits per heavy atom. The second kappa shape index (κ2) is 7.78. The van der Waals surface area contributed by atoms with Crippen LogP contribution in [-0.2, 0) is 18.3 Å². The third kappa shape index (κ3) is 4.31. The summed E-state index contributed by atoms with van der Waals surface area (Å²) in [5, 5.41) is 8.26. The van der Waals surface area contributed by atoms with E-state index in [4.69, 9.17) is 4.74 Å². The van der Waals surface area contributed by atoms with Gasteiger partial charge in [-0.15, -0.1) is 0 Å². The summed E-state index contributed by atoms with van der Waals surface area (Å²) in [6.07, 6.45) is 1.56. The fourth-order valence-electron chi connectivity index (χ4n) is 1.62. The summed E-state index contributed by atoms with van der Waals surface area (Å²) >= 11 is 5.20. The quantitative estimate of drug-likeness (QED) is 0.772. The number of rotatable bonds is 7. The number of methoxy groups -OCH3 is 1. The summed E-state index contributed by atoms with van der Waals surface area (Å²) in [5.41, 5.74) is 1.23. The standard InChI is InChI=1S/C13H17BrN4OS/c1-18-13(16-9-17-18)20-12-4-3-10(7-11(12)14)8-15-5-6-19-2/h3-4,7,9,15H,5-6,8H2,1-2H3. The van der Waals surface area contributed by atoms with Gasteiger partial charge in [-0.3, -0.25) is 0 Å². The van der Waals surface area contributed by atoms with E-state index in [1.807, 2.05) is 7.05 Å². The Labute approximate surface area is 131 Å². The molecule has 0 fully saturated rings. The summed E-state index contributed by atoms with van der Waals surface area (Å²) in [7, 11) is 3.59. The van der Waals surface area contributed by atoms with Gasteiger partial charge in [0.1, 0.15) is 6.33 Å². The number of benzene rings is 1. The molecule has 1 aromatic carbocycles. The first-order chi connectivity index (χ1) is 9.70. The lowest BCUT2D eigenvalue weighted by atomic mass is 10.2. The highest BCUT2D eigenvalue weighted by atomic mass is 79.9.